The molecular weight excluding hydrogens is 322 g/mol. The second-order valence-electron chi connectivity index (χ2n) is 5.49. The SMILES string of the molecule is Cc1ccc(CC2SC(=NN=Cc3ccccc3O)NC2=O)cc1. The zero-order chi connectivity index (χ0) is 16.9. The van der Waals surface area contributed by atoms with Crippen LogP contribution in [0.4, 0.5) is 0 Å². The molecule has 2 N–H and O–H groups in total. The van der Waals surface area contributed by atoms with Crippen LogP contribution < -0.4 is 5.32 Å². The number of aromatic hydroxyl groups is 1. The number of para-hydroxylation sites is 1. The fourth-order valence-electron chi connectivity index (χ4n) is 2.26. The third-order valence-electron chi connectivity index (χ3n) is 3.60. The van der Waals surface area contributed by atoms with E-state index >= 15 is 0 Å². The average Bonchev–Trinajstić information content (AvgIpc) is 2.91. The summed E-state index contributed by atoms with van der Waals surface area (Å²) in [5.41, 5.74) is 2.89. The maximum atomic E-state index is 12.0. The minimum Gasteiger partial charge on any atom is -0.507 e. The van der Waals surface area contributed by atoms with Crippen molar-refractivity contribution in [2.24, 2.45) is 10.2 Å². The molecule has 1 atom stereocenters. The number of hydrogen-bond acceptors (Lipinski definition) is 5. The van der Waals surface area contributed by atoms with E-state index in [2.05, 4.69) is 15.5 Å². The van der Waals surface area contributed by atoms with Crippen molar-refractivity contribution in [3.8, 4) is 5.75 Å². The van der Waals surface area contributed by atoms with Gasteiger partial charge in [-0.15, -0.1) is 5.10 Å². The van der Waals surface area contributed by atoms with E-state index in [1.807, 2.05) is 31.2 Å². The van der Waals surface area contributed by atoms with Gasteiger partial charge in [-0.3, -0.25) is 4.79 Å². The van der Waals surface area contributed by atoms with E-state index in [-0.39, 0.29) is 16.9 Å². The molecule has 1 aliphatic rings. The Kier molecular flexibility index (Phi) is 4.96. The molecule has 1 heterocycles. The Morgan fingerprint density at radius 1 is 1.21 bits per heavy atom. The van der Waals surface area contributed by atoms with Crippen molar-refractivity contribution in [2.75, 3.05) is 0 Å². The smallest absolute Gasteiger partial charge is 0.239 e. The van der Waals surface area contributed by atoms with Crippen molar-refractivity contribution in [2.45, 2.75) is 18.6 Å². The average molecular weight is 339 g/mol. The number of benzene rings is 2. The number of amides is 1. The summed E-state index contributed by atoms with van der Waals surface area (Å²) in [4.78, 5) is 12.0. The van der Waals surface area contributed by atoms with E-state index in [9.17, 15) is 9.90 Å². The molecule has 1 amide bonds. The number of nitrogens with zero attached hydrogens (tertiary/aromatic N) is 2. The highest BCUT2D eigenvalue weighted by molar-refractivity contribution is 8.15. The molecule has 0 spiro atoms. The number of aryl methyl sites for hydroxylation is 1. The van der Waals surface area contributed by atoms with Crippen LogP contribution in [-0.4, -0.2) is 27.6 Å². The Morgan fingerprint density at radius 2 is 1.96 bits per heavy atom. The Morgan fingerprint density at radius 3 is 2.71 bits per heavy atom. The zero-order valence-electron chi connectivity index (χ0n) is 13.1. The largest absolute Gasteiger partial charge is 0.507 e. The molecule has 0 radical (unpaired) electrons. The number of phenols is 1. The minimum absolute atomic E-state index is 0.0583. The Balaban J connectivity index is 1.63. The van der Waals surface area contributed by atoms with E-state index in [1.54, 1.807) is 24.3 Å². The van der Waals surface area contributed by atoms with Crippen molar-refractivity contribution < 1.29 is 9.90 Å². The quantitative estimate of drug-likeness (QED) is 0.664. The van der Waals surface area contributed by atoms with Gasteiger partial charge in [0.05, 0.1) is 11.5 Å². The molecule has 0 aliphatic carbocycles. The van der Waals surface area contributed by atoms with Gasteiger partial charge in [0.25, 0.3) is 0 Å². The predicted molar refractivity (Wildman–Crippen MR) is 97.5 cm³/mol. The number of carbonyl (C=O) groups is 1. The van der Waals surface area contributed by atoms with E-state index in [1.165, 1.54) is 23.5 Å². The molecular formula is C18H17N3O2S. The van der Waals surface area contributed by atoms with Gasteiger partial charge in [-0.25, -0.2) is 0 Å². The molecule has 3 rings (SSSR count). The lowest BCUT2D eigenvalue weighted by Gasteiger charge is -2.05. The van der Waals surface area contributed by atoms with Crippen LogP contribution in [0, 0.1) is 6.92 Å². The van der Waals surface area contributed by atoms with Crippen molar-refractivity contribution in [3.05, 3.63) is 65.2 Å². The van der Waals surface area contributed by atoms with Gasteiger partial charge in [-0.1, -0.05) is 53.7 Å². The number of rotatable bonds is 4. The van der Waals surface area contributed by atoms with E-state index in [0.717, 1.165) is 5.56 Å². The van der Waals surface area contributed by atoms with Crippen LogP contribution in [0.1, 0.15) is 16.7 Å². The first kappa shape index (κ1) is 16.3. The molecule has 0 saturated carbocycles. The molecule has 2 aromatic carbocycles. The highest BCUT2D eigenvalue weighted by Crippen LogP contribution is 2.23. The van der Waals surface area contributed by atoms with Crippen LogP contribution in [0.2, 0.25) is 0 Å². The topological polar surface area (TPSA) is 74.1 Å². The van der Waals surface area contributed by atoms with Gasteiger partial charge in [0.2, 0.25) is 5.91 Å². The first-order valence-corrected chi connectivity index (χ1v) is 8.42. The summed E-state index contributed by atoms with van der Waals surface area (Å²) >= 11 is 1.37. The van der Waals surface area contributed by atoms with Gasteiger partial charge in [-0.2, -0.15) is 5.10 Å². The van der Waals surface area contributed by atoms with Crippen LogP contribution >= 0.6 is 11.8 Å². The fourth-order valence-corrected chi connectivity index (χ4v) is 3.23. The van der Waals surface area contributed by atoms with Crippen molar-refractivity contribution >= 4 is 29.1 Å². The number of amidine groups is 1. The van der Waals surface area contributed by atoms with E-state index in [4.69, 9.17) is 0 Å². The number of thioether (sulfide) groups is 1. The predicted octanol–water partition coefficient (Wildman–Crippen LogP) is 2.86. The number of nitrogens with one attached hydrogen (secondary N) is 1. The molecule has 1 aliphatic heterocycles. The lowest BCUT2D eigenvalue weighted by Crippen LogP contribution is -2.25. The minimum atomic E-state index is -0.202. The first-order valence-electron chi connectivity index (χ1n) is 7.54. The lowest BCUT2D eigenvalue weighted by molar-refractivity contribution is -0.118. The highest BCUT2D eigenvalue weighted by Gasteiger charge is 2.30. The number of hydrogen-bond donors (Lipinski definition) is 2. The normalized spacial score (nSPS) is 19.1. The van der Waals surface area contributed by atoms with Gasteiger partial charge in [0, 0.05) is 5.56 Å². The highest BCUT2D eigenvalue weighted by atomic mass is 32.2. The molecule has 5 nitrogen and oxygen atoms in total. The van der Waals surface area contributed by atoms with Crippen LogP contribution in [0.5, 0.6) is 5.75 Å². The van der Waals surface area contributed by atoms with Gasteiger partial charge >= 0.3 is 0 Å². The van der Waals surface area contributed by atoms with Crippen molar-refractivity contribution in [3.63, 3.8) is 0 Å². The summed E-state index contributed by atoms with van der Waals surface area (Å²) in [7, 11) is 0. The second kappa shape index (κ2) is 7.31. The fraction of sp³-hybridized carbons (Fsp3) is 0.167. The Hall–Kier alpha value is -2.60. The van der Waals surface area contributed by atoms with Gasteiger partial charge in [-0.05, 0) is 31.0 Å². The van der Waals surface area contributed by atoms with Crippen LogP contribution in [-0.2, 0) is 11.2 Å². The molecule has 6 heteroatoms. The third kappa shape index (κ3) is 4.02. The summed E-state index contributed by atoms with van der Waals surface area (Å²) < 4.78 is 0. The first-order chi connectivity index (χ1) is 11.6. The Bertz CT molecular complexity index is 800. The summed E-state index contributed by atoms with van der Waals surface area (Å²) in [6.45, 7) is 2.04. The number of carbonyl (C=O) groups excluding carboxylic acids is 1. The monoisotopic (exact) mass is 339 g/mol. The molecule has 122 valence electrons. The maximum absolute atomic E-state index is 12.0. The molecule has 0 bridgehead atoms. The van der Waals surface area contributed by atoms with E-state index < -0.39 is 0 Å². The molecule has 0 aromatic heterocycles. The molecule has 24 heavy (non-hydrogen) atoms. The van der Waals surface area contributed by atoms with Gasteiger partial charge < -0.3 is 10.4 Å². The molecule has 1 fully saturated rings. The van der Waals surface area contributed by atoms with Crippen LogP contribution in [0.15, 0.2) is 58.7 Å². The maximum Gasteiger partial charge on any atom is 0.239 e. The van der Waals surface area contributed by atoms with Crippen molar-refractivity contribution in [1.29, 1.82) is 0 Å². The summed E-state index contributed by atoms with van der Waals surface area (Å²) in [6.07, 6.45) is 2.11. The molecule has 1 unspecified atom stereocenters. The van der Waals surface area contributed by atoms with Gasteiger partial charge in [0.1, 0.15) is 5.75 Å². The summed E-state index contributed by atoms with van der Waals surface area (Å²) in [5.74, 6) is 0.0823. The summed E-state index contributed by atoms with van der Waals surface area (Å²) in [6, 6.07) is 15.0. The zero-order valence-corrected chi connectivity index (χ0v) is 14.0. The Labute approximate surface area is 144 Å². The molecule has 1 saturated heterocycles. The van der Waals surface area contributed by atoms with Crippen LogP contribution in [0.25, 0.3) is 0 Å². The third-order valence-corrected chi connectivity index (χ3v) is 4.67. The van der Waals surface area contributed by atoms with Crippen LogP contribution in [0.3, 0.4) is 0 Å². The molecule has 2 aromatic rings. The second-order valence-corrected chi connectivity index (χ2v) is 6.69. The lowest BCUT2D eigenvalue weighted by atomic mass is 10.1. The van der Waals surface area contributed by atoms with Gasteiger partial charge in [0.15, 0.2) is 5.17 Å². The van der Waals surface area contributed by atoms with Crippen molar-refractivity contribution in [1.82, 2.24) is 5.32 Å². The van der Waals surface area contributed by atoms with E-state index in [0.29, 0.717) is 17.2 Å². The summed E-state index contributed by atoms with van der Waals surface area (Å²) in [5, 5.41) is 20.6. The standard InChI is InChI=1S/C18H17N3O2S/c1-12-6-8-13(9-7-12)10-16-17(23)20-18(24-16)21-19-11-14-4-2-3-5-15(14)22/h2-9,11,16,22H,10H2,1H3,(H,20,21,23). The number of phenolic OH excluding ortho intramolecular Hbond substituents is 1.